The van der Waals surface area contributed by atoms with Gasteiger partial charge in [-0.3, -0.25) is 4.79 Å². The van der Waals surface area contributed by atoms with Crippen molar-refractivity contribution in [1.82, 2.24) is 0 Å². The number of alkyl halides is 3. The van der Waals surface area contributed by atoms with Crippen molar-refractivity contribution in [2.24, 2.45) is 5.73 Å². The number of hydrogen-bond donors (Lipinski definition) is 1. The Hall–Kier alpha value is -2.55. The van der Waals surface area contributed by atoms with Crippen LogP contribution >= 0.6 is 11.6 Å². The third kappa shape index (κ3) is 5.48. The average molecular weight is 424 g/mol. The highest BCUT2D eigenvalue weighted by molar-refractivity contribution is 6.31. The molecular weight excluding hydrogens is 409 g/mol. The Morgan fingerprint density at radius 3 is 2.29 bits per heavy atom. The van der Waals surface area contributed by atoms with Gasteiger partial charge in [-0.25, -0.2) is 8.78 Å². The molecule has 0 spiro atoms. The van der Waals surface area contributed by atoms with Crippen molar-refractivity contribution >= 4 is 17.5 Å². The second-order valence-electron chi connectivity index (χ2n) is 5.64. The number of hydrogen-bond acceptors (Lipinski definition) is 3. The van der Waals surface area contributed by atoms with Gasteiger partial charge in [0.2, 0.25) is 0 Å². The minimum atomic E-state index is -4.59. The molecule has 0 bridgehead atoms. The molecule has 2 aromatic carbocycles. The molecule has 1 amide bonds. The van der Waals surface area contributed by atoms with E-state index in [9.17, 15) is 26.7 Å². The lowest BCUT2D eigenvalue weighted by atomic mass is 10.1. The molecule has 152 valence electrons. The summed E-state index contributed by atoms with van der Waals surface area (Å²) in [7, 11) is 0. The van der Waals surface area contributed by atoms with Crippen molar-refractivity contribution in [2.75, 3.05) is 13.2 Å². The van der Waals surface area contributed by atoms with Gasteiger partial charge in [0.05, 0.1) is 23.8 Å². The molecule has 4 nitrogen and oxygen atoms in total. The van der Waals surface area contributed by atoms with Gasteiger partial charge in [0.1, 0.15) is 17.1 Å². The van der Waals surface area contributed by atoms with Crippen LogP contribution in [0.15, 0.2) is 30.3 Å². The van der Waals surface area contributed by atoms with Gasteiger partial charge in [-0.15, -0.1) is 0 Å². The number of ether oxygens (including phenoxy) is 2. The van der Waals surface area contributed by atoms with Crippen LogP contribution in [0, 0.1) is 11.6 Å². The van der Waals surface area contributed by atoms with Gasteiger partial charge >= 0.3 is 6.18 Å². The minimum Gasteiger partial charge on any atom is -0.494 e. The van der Waals surface area contributed by atoms with Gasteiger partial charge in [-0.2, -0.15) is 13.2 Å². The lowest BCUT2D eigenvalue weighted by Gasteiger charge is -2.12. The van der Waals surface area contributed by atoms with Crippen LogP contribution in [-0.2, 0) is 6.18 Å². The summed E-state index contributed by atoms with van der Waals surface area (Å²) in [5.74, 6) is -3.86. The summed E-state index contributed by atoms with van der Waals surface area (Å²) in [6.45, 7) is 0.0965. The Labute approximate surface area is 162 Å². The van der Waals surface area contributed by atoms with Crippen LogP contribution in [0.2, 0.25) is 5.02 Å². The normalized spacial score (nSPS) is 11.4. The first-order valence-corrected chi connectivity index (χ1v) is 8.39. The number of benzene rings is 2. The number of unbranched alkanes of at least 4 members (excludes halogenated alkanes) is 1. The van der Waals surface area contributed by atoms with E-state index in [4.69, 9.17) is 26.8 Å². The topological polar surface area (TPSA) is 61.6 Å². The first-order chi connectivity index (χ1) is 13.1. The van der Waals surface area contributed by atoms with E-state index < -0.39 is 39.9 Å². The van der Waals surface area contributed by atoms with Crippen molar-refractivity contribution in [1.29, 1.82) is 0 Å². The van der Waals surface area contributed by atoms with E-state index in [1.807, 2.05) is 0 Å². The fourth-order valence-electron chi connectivity index (χ4n) is 2.26. The molecular formula is C18H15ClF5NO3. The molecule has 0 unspecified atom stereocenters. The van der Waals surface area contributed by atoms with Crippen molar-refractivity contribution in [2.45, 2.75) is 19.0 Å². The van der Waals surface area contributed by atoms with E-state index in [2.05, 4.69) is 0 Å². The smallest absolute Gasteiger partial charge is 0.417 e. The summed E-state index contributed by atoms with van der Waals surface area (Å²) < 4.78 is 76.0. The number of carbonyl (C=O) groups is 1. The van der Waals surface area contributed by atoms with Gasteiger partial charge in [-0.1, -0.05) is 11.6 Å². The molecule has 0 atom stereocenters. The van der Waals surface area contributed by atoms with Crippen LogP contribution in [-0.4, -0.2) is 19.1 Å². The molecule has 0 saturated carbocycles. The number of rotatable bonds is 8. The van der Waals surface area contributed by atoms with Crippen LogP contribution in [0.5, 0.6) is 11.5 Å². The number of amides is 1. The number of nitrogens with two attached hydrogens (primary N) is 1. The van der Waals surface area contributed by atoms with E-state index in [1.165, 1.54) is 6.07 Å². The quantitative estimate of drug-likeness (QED) is 0.481. The van der Waals surface area contributed by atoms with Crippen molar-refractivity contribution in [3.05, 3.63) is 58.1 Å². The van der Waals surface area contributed by atoms with Crippen LogP contribution in [0.4, 0.5) is 22.0 Å². The fraction of sp³-hybridized carbons (Fsp3) is 0.278. The van der Waals surface area contributed by atoms with E-state index in [0.29, 0.717) is 12.8 Å². The monoisotopic (exact) mass is 423 g/mol. The third-order valence-corrected chi connectivity index (χ3v) is 3.94. The molecule has 2 aromatic rings. The highest BCUT2D eigenvalue weighted by Gasteiger charge is 2.33. The Bertz CT molecular complexity index is 858. The second-order valence-corrected chi connectivity index (χ2v) is 6.05. The molecule has 0 aromatic heterocycles. The zero-order valence-corrected chi connectivity index (χ0v) is 15.0. The molecule has 0 saturated heterocycles. The molecule has 0 aliphatic rings. The SMILES string of the molecule is NC(=O)c1c(F)ccc(OCCCCOc2ccc(Cl)c(C(F)(F)F)c2)c1F. The van der Waals surface area contributed by atoms with Gasteiger partial charge in [-0.05, 0) is 43.2 Å². The Balaban J connectivity index is 1.82. The summed E-state index contributed by atoms with van der Waals surface area (Å²) in [4.78, 5) is 11.0. The summed E-state index contributed by atoms with van der Waals surface area (Å²) in [5.41, 5.74) is 3.03. The first-order valence-electron chi connectivity index (χ1n) is 8.01. The Morgan fingerprint density at radius 1 is 1.04 bits per heavy atom. The molecule has 28 heavy (non-hydrogen) atoms. The van der Waals surface area contributed by atoms with Crippen LogP contribution < -0.4 is 15.2 Å². The molecule has 0 aliphatic heterocycles. The van der Waals surface area contributed by atoms with Gasteiger partial charge < -0.3 is 15.2 Å². The Morgan fingerprint density at radius 2 is 1.68 bits per heavy atom. The molecule has 2 N–H and O–H groups in total. The van der Waals surface area contributed by atoms with E-state index in [1.54, 1.807) is 0 Å². The molecule has 0 radical (unpaired) electrons. The molecule has 0 heterocycles. The third-order valence-electron chi connectivity index (χ3n) is 3.61. The number of halogens is 6. The maximum Gasteiger partial charge on any atom is 0.417 e. The first kappa shape index (κ1) is 21.7. The average Bonchev–Trinajstić information content (AvgIpc) is 2.59. The predicted molar refractivity (Wildman–Crippen MR) is 91.6 cm³/mol. The van der Waals surface area contributed by atoms with E-state index in [0.717, 1.165) is 24.3 Å². The maximum atomic E-state index is 14.0. The lowest BCUT2D eigenvalue weighted by molar-refractivity contribution is -0.137. The van der Waals surface area contributed by atoms with Crippen LogP contribution in [0.25, 0.3) is 0 Å². The summed E-state index contributed by atoms with van der Waals surface area (Å²) in [5, 5.41) is -0.426. The van der Waals surface area contributed by atoms with Crippen molar-refractivity contribution < 1.29 is 36.2 Å². The number of carbonyl (C=O) groups excluding carboxylic acids is 1. The highest BCUT2D eigenvalue weighted by atomic mass is 35.5. The number of primary amides is 1. The molecule has 2 rings (SSSR count). The fourth-order valence-corrected chi connectivity index (χ4v) is 2.48. The van der Waals surface area contributed by atoms with Gasteiger partial charge in [0.25, 0.3) is 5.91 Å². The molecule has 0 fully saturated rings. The van der Waals surface area contributed by atoms with Crippen LogP contribution in [0.1, 0.15) is 28.8 Å². The van der Waals surface area contributed by atoms with E-state index in [-0.39, 0.29) is 24.7 Å². The minimum absolute atomic E-state index is 0.00771. The largest absolute Gasteiger partial charge is 0.494 e. The molecule has 10 heteroatoms. The van der Waals surface area contributed by atoms with E-state index >= 15 is 0 Å². The van der Waals surface area contributed by atoms with Gasteiger partial charge in [0, 0.05) is 0 Å². The summed E-state index contributed by atoms with van der Waals surface area (Å²) >= 11 is 5.52. The van der Waals surface area contributed by atoms with Crippen molar-refractivity contribution in [3.8, 4) is 11.5 Å². The summed E-state index contributed by atoms with van der Waals surface area (Å²) in [6, 6.07) is 5.10. The standard InChI is InChI=1S/C18H15ClF5NO3/c19-12-4-3-10(9-11(12)18(22,23)24)27-7-1-2-8-28-14-6-5-13(20)15(16(14)21)17(25)26/h3-6,9H,1-2,7-8H2,(H2,25,26). The second kappa shape index (κ2) is 9.09. The lowest BCUT2D eigenvalue weighted by Crippen LogP contribution is -2.16. The Kier molecular flexibility index (Phi) is 7.06. The van der Waals surface area contributed by atoms with Gasteiger partial charge in [0.15, 0.2) is 11.6 Å². The zero-order valence-electron chi connectivity index (χ0n) is 14.3. The summed E-state index contributed by atoms with van der Waals surface area (Å²) in [6.07, 6.45) is -3.84. The highest BCUT2D eigenvalue weighted by Crippen LogP contribution is 2.36. The van der Waals surface area contributed by atoms with Crippen LogP contribution in [0.3, 0.4) is 0 Å². The molecule has 0 aliphatic carbocycles. The maximum absolute atomic E-state index is 14.0. The zero-order chi connectivity index (χ0) is 20.9. The predicted octanol–water partition coefficient (Wildman–Crippen LogP) is 4.97. The van der Waals surface area contributed by atoms with Crippen molar-refractivity contribution in [3.63, 3.8) is 0 Å².